The largest absolute Gasteiger partial charge is 0.462 e. The van der Waals surface area contributed by atoms with Gasteiger partial charge in [0, 0.05) is 12.1 Å². The molecule has 0 bridgehead atoms. The van der Waals surface area contributed by atoms with Crippen molar-refractivity contribution in [3.8, 4) is 23.3 Å². The lowest BCUT2D eigenvalue weighted by molar-refractivity contribution is -0.116. The van der Waals surface area contributed by atoms with Gasteiger partial charge in [-0.2, -0.15) is 4.98 Å². The van der Waals surface area contributed by atoms with Crippen molar-refractivity contribution in [2.45, 2.75) is 31.3 Å². The van der Waals surface area contributed by atoms with Gasteiger partial charge in [0.05, 0.1) is 18.6 Å². The van der Waals surface area contributed by atoms with Crippen LogP contribution >= 0.6 is 11.6 Å². The number of ether oxygens (including phenoxy) is 1. The van der Waals surface area contributed by atoms with E-state index in [1.54, 1.807) is 47.3 Å². The van der Waals surface area contributed by atoms with Gasteiger partial charge in [0.2, 0.25) is 11.7 Å². The average molecular weight is 419 g/mol. The summed E-state index contributed by atoms with van der Waals surface area (Å²) < 4.78 is 26.1. The zero-order chi connectivity index (χ0) is 20.6. The Morgan fingerprint density at radius 3 is 2.90 bits per heavy atom. The van der Waals surface area contributed by atoms with E-state index in [9.17, 15) is 9.18 Å². The molecule has 1 saturated carbocycles. The van der Waals surface area contributed by atoms with E-state index in [-0.39, 0.29) is 12.4 Å². The van der Waals surface area contributed by atoms with Gasteiger partial charge in [-0.25, -0.2) is 9.07 Å². The van der Waals surface area contributed by atoms with Gasteiger partial charge in [-0.15, -0.1) is 16.7 Å². The zero-order valence-corrected chi connectivity index (χ0v) is 16.7. The Morgan fingerprint density at radius 2 is 2.24 bits per heavy atom. The highest BCUT2D eigenvalue weighted by Crippen LogP contribution is 2.46. The van der Waals surface area contributed by atoms with Crippen LogP contribution in [0.5, 0.6) is 6.01 Å². The second-order valence-electron chi connectivity index (χ2n) is 7.35. The number of carbonyl (C=O) groups excluding carboxylic acids is 1. The first-order chi connectivity index (χ1) is 13.9. The van der Waals surface area contributed by atoms with Crippen LogP contribution in [0.3, 0.4) is 0 Å². The molecule has 3 aromatic rings. The number of furan rings is 1. The van der Waals surface area contributed by atoms with Gasteiger partial charge < -0.3 is 14.5 Å². The van der Waals surface area contributed by atoms with Crippen LogP contribution in [0, 0.1) is 5.92 Å². The van der Waals surface area contributed by atoms with Crippen molar-refractivity contribution in [2.75, 3.05) is 11.9 Å². The predicted molar refractivity (Wildman–Crippen MR) is 106 cm³/mol. The van der Waals surface area contributed by atoms with Gasteiger partial charge in [0.1, 0.15) is 6.17 Å². The molecule has 2 heterocycles. The van der Waals surface area contributed by atoms with Gasteiger partial charge in [-0.1, -0.05) is 19.9 Å². The van der Waals surface area contributed by atoms with Crippen molar-refractivity contribution in [1.82, 2.24) is 14.8 Å². The molecule has 9 heteroatoms. The molecule has 0 saturated heterocycles. The number of rotatable bonds is 7. The molecular weight excluding hydrogens is 399 g/mol. The second-order valence-corrected chi connectivity index (χ2v) is 8.02. The number of hydrogen-bond donors (Lipinski definition) is 1. The second kappa shape index (κ2) is 7.51. The summed E-state index contributed by atoms with van der Waals surface area (Å²) in [6.07, 6.45) is 0.235. The highest BCUT2D eigenvalue weighted by Gasteiger charge is 2.60. The molecule has 1 fully saturated rings. The third kappa shape index (κ3) is 3.98. The molecule has 1 aliphatic rings. The fourth-order valence-electron chi connectivity index (χ4n) is 2.73. The highest BCUT2D eigenvalue weighted by atomic mass is 35.5. The van der Waals surface area contributed by atoms with Crippen LogP contribution in [-0.4, -0.2) is 38.3 Å². The van der Waals surface area contributed by atoms with Crippen LogP contribution in [0.1, 0.15) is 20.3 Å². The summed E-state index contributed by atoms with van der Waals surface area (Å²) in [4.78, 5) is 15.2. The monoisotopic (exact) mass is 418 g/mol. The minimum Gasteiger partial charge on any atom is -0.462 e. The molecule has 0 unspecified atom stereocenters. The third-order valence-electron chi connectivity index (χ3n) is 4.41. The summed E-state index contributed by atoms with van der Waals surface area (Å²) in [6.45, 7) is 4.53. The molecule has 1 N–H and O–H groups in total. The molecule has 0 aliphatic heterocycles. The average Bonchev–Trinajstić information content (AvgIpc) is 3.12. The molecule has 1 aromatic carbocycles. The zero-order valence-electron chi connectivity index (χ0n) is 15.9. The van der Waals surface area contributed by atoms with E-state index in [2.05, 4.69) is 15.4 Å². The first-order valence-corrected chi connectivity index (χ1v) is 9.63. The Hall–Kier alpha value is -2.87. The maximum atomic E-state index is 13.4. The van der Waals surface area contributed by atoms with Crippen molar-refractivity contribution in [2.24, 2.45) is 5.92 Å². The fourth-order valence-corrected chi connectivity index (χ4v) is 2.91. The van der Waals surface area contributed by atoms with Crippen LogP contribution in [-0.2, 0) is 4.79 Å². The fraction of sp³-hybridized carbons (Fsp3) is 0.350. The number of halogens is 2. The van der Waals surface area contributed by atoms with Gasteiger partial charge in [0.15, 0.2) is 10.6 Å². The molecule has 2 atom stereocenters. The minimum atomic E-state index is -1.47. The number of amides is 1. The Morgan fingerprint density at radius 1 is 1.45 bits per heavy atom. The van der Waals surface area contributed by atoms with Gasteiger partial charge >= 0.3 is 6.01 Å². The molecule has 29 heavy (non-hydrogen) atoms. The first kappa shape index (κ1) is 19.4. The molecule has 0 radical (unpaired) electrons. The Balaban J connectivity index is 1.64. The molecule has 2 aromatic heterocycles. The number of anilines is 1. The summed E-state index contributed by atoms with van der Waals surface area (Å²) in [7, 11) is 0. The van der Waals surface area contributed by atoms with Gasteiger partial charge in [-0.05, 0) is 36.2 Å². The Labute approximate surface area is 171 Å². The minimum absolute atomic E-state index is 0.0162. The van der Waals surface area contributed by atoms with E-state index >= 15 is 0 Å². The van der Waals surface area contributed by atoms with Gasteiger partial charge in [0.25, 0.3) is 0 Å². The summed E-state index contributed by atoms with van der Waals surface area (Å²) in [5, 5.41) is 7.09. The van der Waals surface area contributed by atoms with E-state index < -0.39 is 17.0 Å². The van der Waals surface area contributed by atoms with Crippen LogP contribution in [0.25, 0.3) is 17.3 Å². The van der Waals surface area contributed by atoms with Crippen molar-refractivity contribution < 1.29 is 18.3 Å². The highest BCUT2D eigenvalue weighted by molar-refractivity contribution is 6.39. The number of nitrogens with one attached hydrogen (secondary N) is 1. The molecule has 152 valence electrons. The van der Waals surface area contributed by atoms with E-state index in [1.807, 2.05) is 13.8 Å². The molecule has 1 aliphatic carbocycles. The SMILES string of the molecule is CC(C)COc1nc(-c2ccco2)n(-c2cccc(NC(=O)[C@@]3(Cl)C[C@H]3F)c2)n1. The normalized spacial score (nSPS) is 20.7. The molecule has 4 rings (SSSR count). The quantitative estimate of drug-likeness (QED) is 0.581. The van der Waals surface area contributed by atoms with Crippen molar-refractivity contribution in [3.05, 3.63) is 42.7 Å². The number of nitrogens with zero attached hydrogens (tertiary/aromatic N) is 3. The molecule has 1 amide bonds. The number of benzene rings is 1. The van der Waals surface area contributed by atoms with Crippen LogP contribution in [0.15, 0.2) is 47.1 Å². The third-order valence-corrected chi connectivity index (χ3v) is 4.98. The van der Waals surface area contributed by atoms with Crippen molar-refractivity contribution in [3.63, 3.8) is 0 Å². The van der Waals surface area contributed by atoms with E-state index in [0.717, 1.165) is 0 Å². The Bertz CT molecular complexity index is 1020. The van der Waals surface area contributed by atoms with Crippen LogP contribution in [0.4, 0.5) is 10.1 Å². The number of carbonyl (C=O) groups is 1. The smallest absolute Gasteiger partial charge is 0.336 e. The lowest BCUT2D eigenvalue weighted by atomic mass is 10.2. The summed E-state index contributed by atoms with van der Waals surface area (Å²) in [5.41, 5.74) is 1.09. The predicted octanol–water partition coefficient (Wildman–Crippen LogP) is 4.22. The van der Waals surface area contributed by atoms with Crippen molar-refractivity contribution >= 4 is 23.2 Å². The van der Waals surface area contributed by atoms with Crippen LogP contribution in [0.2, 0.25) is 0 Å². The maximum absolute atomic E-state index is 13.4. The summed E-state index contributed by atoms with van der Waals surface area (Å²) in [6, 6.07) is 10.7. The van der Waals surface area contributed by atoms with Crippen molar-refractivity contribution in [1.29, 1.82) is 0 Å². The van der Waals surface area contributed by atoms with E-state index in [0.29, 0.717) is 35.5 Å². The summed E-state index contributed by atoms with van der Waals surface area (Å²) in [5.74, 6) is 0.730. The van der Waals surface area contributed by atoms with E-state index in [1.165, 1.54) is 0 Å². The number of hydrogen-bond acceptors (Lipinski definition) is 5. The first-order valence-electron chi connectivity index (χ1n) is 9.25. The topological polar surface area (TPSA) is 82.2 Å². The maximum Gasteiger partial charge on any atom is 0.336 e. The lowest BCUT2D eigenvalue weighted by Gasteiger charge is -2.10. The lowest BCUT2D eigenvalue weighted by Crippen LogP contribution is -2.27. The number of alkyl halides is 2. The van der Waals surface area contributed by atoms with Gasteiger partial charge in [-0.3, -0.25) is 4.79 Å². The summed E-state index contributed by atoms with van der Waals surface area (Å²) >= 11 is 5.96. The van der Waals surface area contributed by atoms with Crippen LogP contribution < -0.4 is 10.1 Å². The molecule has 0 spiro atoms. The number of aromatic nitrogens is 3. The molecule has 7 nitrogen and oxygen atoms in total. The molecular formula is C20H20ClFN4O3. The van der Waals surface area contributed by atoms with E-state index in [4.69, 9.17) is 20.8 Å². The Kier molecular flexibility index (Phi) is 5.04. The standard InChI is InChI=1S/C20H20ClFN4O3/c1-12(2)11-29-19-24-17(15-7-4-8-28-15)26(25-19)14-6-3-5-13(9-14)23-18(27)20(21)10-16(20)22/h3-9,12,16H,10-11H2,1-2H3,(H,23,27)/t16-,20-/m1/s1.